The van der Waals surface area contributed by atoms with Crippen LogP contribution in [0.25, 0.3) is 0 Å². The molecule has 0 aliphatic carbocycles. The fraction of sp³-hybridized carbons (Fsp3) is 0.286. The van der Waals surface area contributed by atoms with Gasteiger partial charge in [0.05, 0.1) is 6.26 Å². The second-order valence-electron chi connectivity index (χ2n) is 6.80. The largest absolute Gasteiger partial charge is 0.459 e. The molecule has 4 rings (SSSR count). The highest BCUT2D eigenvalue weighted by Gasteiger charge is 2.24. The Morgan fingerprint density at radius 1 is 1.10 bits per heavy atom. The van der Waals surface area contributed by atoms with E-state index in [9.17, 15) is 9.18 Å². The molecule has 3 aromatic rings. The summed E-state index contributed by atoms with van der Waals surface area (Å²) in [5.74, 6) is 1.43. The minimum Gasteiger partial charge on any atom is -0.459 e. The van der Waals surface area contributed by atoms with Crippen LogP contribution in [0.3, 0.4) is 0 Å². The van der Waals surface area contributed by atoms with Crippen molar-refractivity contribution in [2.24, 2.45) is 0 Å². The molecule has 1 aromatic carbocycles. The van der Waals surface area contributed by atoms with Gasteiger partial charge in [-0.3, -0.25) is 4.79 Å². The van der Waals surface area contributed by atoms with Gasteiger partial charge in [0, 0.05) is 38.9 Å². The maximum atomic E-state index is 13.0. The van der Waals surface area contributed by atoms with Crippen LogP contribution in [0.1, 0.15) is 16.1 Å². The number of nitrogens with one attached hydrogen (secondary N) is 1. The van der Waals surface area contributed by atoms with Crippen LogP contribution in [0.15, 0.2) is 59.3 Å². The number of furan rings is 1. The average molecular weight is 395 g/mol. The van der Waals surface area contributed by atoms with Crippen molar-refractivity contribution in [1.82, 2.24) is 14.9 Å². The van der Waals surface area contributed by atoms with Crippen molar-refractivity contribution in [3.8, 4) is 0 Å². The van der Waals surface area contributed by atoms with Gasteiger partial charge in [-0.25, -0.2) is 9.37 Å². The fourth-order valence-electron chi connectivity index (χ4n) is 3.25. The third-order valence-electron chi connectivity index (χ3n) is 4.86. The summed E-state index contributed by atoms with van der Waals surface area (Å²) in [5, 5.41) is 3.28. The van der Waals surface area contributed by atoms with Gasteiger partial charge < -0.3 is 19.5 Å². The number of halogens is 1. The van der Waals surface area contributed by atoms with Gasteiger partial charge in [-0.2, -0.15) is 4.98 Å². The molecule has 1 N–H and O–H groups in total. The van der Waals surface area contributed by atoms with E-state index in [0.717, 1.165) is 17.8 Å². The highest BCUT2D eigenvalue weighted by atomic mass is 19.1. The van der Waals surface area contributed by atoms with Gasteiger partial charge in [0.1, 0.15) is 11.6 Å². The average Bonchev–Trinajstić information content (AvgIpc) is 3.30. The lowest BCUT2D eigenvalue weighted by Gasteiger charge is -2.34. The molecule has 1 aliphatic rings. The Bertz CT molecular complexity index is 938. The highest BCUT2D eigenvalue weighted by Crippen LogP contribution is 2.15. The molecule has 1 saturated heterocycles. The van der Waals surface area contributed by atoms with Gasteiger partial charge in [-0.05, 0) is 42.3 Å². The Morgan fingerprint density at radius 2 is 1.90 bits per heavy atom. The zero-order chi connectivity index (χ0) is 20.1. The van der Waals surface area contributed by atoms with Crippen LogP contribution >= 0.6 is 0 Å². The molecule has 2 aromatic heterocycles. The number of aromatic nitrogens is 2. The number of benzene rings is 1. The van der Waals surface area contributed by atoms with Gasteiger partial charge in [0.15, 0.2) is 5.76 Å². The molecular weight excluding hydrogens is 373 g/mol. The summed E-state index contributed by atoms with van der Waals surface area (Å²) in [6.07, 6.45) is 4.00. The van der Waals surface area contributed by atoms with Gasteiger partial charge in [-0.1, -0.05) is 12.1 Å². The van der Waals surface area contributed by atoms with Crippen LogP contribution in [0.4, 0.5) is 16.2 Å². The number of nitrogens with zero attached hydrogens (tertiary/aromatic N) is 4. The Balaban J connectivity index is 1.29. The lowest BCUT2D eigenvalue weighted by atomic mass is 10.1. The molecule has 7 nitrogen and oxygen atoms in total. The predicted molar refractivity (Wildman–Crippen MR) is 107 cm³/mol. The van der Waals surface area contributed by atoms with Crippen molar-refractivity contribution in [3.05, 3.63) is 72.1 Å². The monoisotopic (exact) mass is 395 g/mol. The number of amides is 1. The van der Waals surface area contributed by atoms with E-state index in [-0.39, 0.29) is 11.7 Å². The van der Waals surface area contributed by atoms with E-state index in [1.54, 1.807) is 35.4 Å². The number of piperazine rings is 1. The van der Waals surface area contributed by atoms with E-state index in [4.69, 9.17) is 4.42 Å². The molecule has 0 spiro atoms. The molecule has 1 fully saturated rings. The lowest BCUT2D eigenvalue weighted by Crippen LogP contribution is -2.49. The summed E-state index contributed by atoms with van der Waals surface area (Å²) in [4.78, 5) is 25.2. The third kappa shape index (κ3) is 4.71. The van der Waals surface area contributed by atoms with Crippen molar-refractivity contribution in [3.63, 3.8) is 0 Å². The van der Waals surface area contributed by atoms with E-state index in [1.807, 2.05) is 6.07 Å². The maximum Gasteiger partial charge on any atom is 0.289 e. The van der Waals surface area contributed by atoms with E-state index >= 15 is 0 Å². The van der Waals surface area contributed by atoms with E-state index in [1.165, 1.54) is 18.4 Å². The minimum absolute atomic E-state index is 0.0909. The summed E-state index contributed by atoms with van der Waals surface area (Å²) < 4.78 is 18.2. The number of anilines is 2. The molecular formula is C21H22FN5O2. The highest BCUT2D eigenvalue weighted by molar-refractivity contribution is 5.91. The van der Waals surface area contributed by atoms with Crippen LogP contribution in [-0.2, 0) is 6.42 Å². The summed E-state index contributed by atoms with van der Waals surface area (Å²) in [6, 6.07) is 11.7. The second-order valence-corrected chi connectivity index (χ2v) is 6.80. The Kier molecular flexibility index (Phi) is 5.69. The normalized spacial score (nSPS) is 14.1. The molecule has 0 saturated carbocycles. The zero-order valence-electron chi connectivity index (χ0n) is 15.9. The second kappa shape index (κ2) is 8.72. The number of rotatable bonds is 6. The summed E-state index contributed by atoms with van der Waals surface area (Å²) in [6.45, 7) is 3.18. The first-order valence-electron chi connectivity index (χ1n) is 9.58. The number of carbonyl (C=O) groups excluding carboxylic acids is 1. The molecule has 0 atom stereocenters. The molecule has 150 valence electrons. The molecule has 0 bridgehead atoms. The SMILES string of the molecule is O=C(c1ccco1)N1CCN(c2nccc(NCCc3ccc(F)cc3)n2)CC1. The number of carbonyl (C=O) groups is 1. The standard InChI is InChI=1S/C21H22FN5O2/c22-17-5-3-16(4-6-17)7-9-23-19-8-10-24-21(25-19)27-13-11-26(12-14-27)20(28)18-2-1-15-29-18/h1-6,8,10,15H,7,9,11-14H2,(H,23,24,25). The van der Waals surface area contributed by atoms with Crippen LogP contribution in [0, 0.1) is 5.82 Å². The van der Waals surface area contributed by atoms with Crippen molar-refractivity contribution >= 4 is 17.7 Å². The predicted octanol–water partition coefficient (Wildman–Crippen LogP) is 2.83. The summed E-state index contributed by atoms with van der Waals surface area (Å²) in [7, 11) is 0. The lowest BCUT2D eigenvalue weighted by molar-refractivity contribution is 0.0714. The van der Waals surface area contributed by atoms with E-state index < -0.39 is 0 Å². The number of hydrogen-bond acceptors (Lipinski definition) is 6. The van der Waals surface area contributed by atoms with Crippen LogP contribution in [0.5, 0.6) is 0 Å². The Hall–Kier alpha value is -3.42. The topological polar surface area (TPSA) is 74.5 Å². The number of hydrogen-bond donors (Lipinski definition) is 1. The van der Waals surface area contributed by atoms with Crippen LogP contribution < -0.4 is 10.2 Å². The summed E-state index contributed by atoms with van der Waals surface area (Å²) >= 11 is 0. The smallest absolute Gasteiger partial charge is 0.289 e. The molecule has 29 heavy (non-hydrogen) atoms. The fourth-order valence-corrected chi connectivity index (χ4v) is 3.25. The van der Waals surface area contributed by atoms with Crippen LogP contribution in [-0.4, -0.2) is 53.5 Å². The van der Waals surface area contributed by atoms with Crippen molar-refractivity contribution in [2.75, 3.05) is 42.9 Å². The molecule has 1 aliphatic heterocycles. The van der Waals surface area contributed by atoms with Crippen molar-refractivity contribution < 1.29 is 13.6 Å². The van der Waals surface area contributed by atoms with Crippen LogP contribution in [0.2, 0.25) is 0 Å². The molecule has 0 unspecified atom stereocenters. The van der Waals surface area contributed by atoms with Crippen molar-refractivity contribution in [1.29, 1.82) is 0 Å². The molecule has 0 radical (unpaired) electrons. The maximum absolute atomic E-state index is 13.0. The van der Waals surface area contributed by atoms with Gasteiger partial charge in [0.25, 0.3) is 5.91 Å². The van der Waals surface area contributed by atoms with Gasteiger partial charge >= 0.3 is 0 Å². The van der Waals surface area contributed by atoms with Crippen molar-refractivity contribution in [2.45, 2.75) is 6.42 Å². The molecule has 1 amide bonds. The Labute approximate surface area is 168 Å². The minimum atomic E-state index is -0.229. The van der Waals surface area contributed by atoms with E-state index in [0.29, 0.717) is 44.4 Å². The molecule has 8 heteroatoms. The first-order valence-corrected chi connectivity index (χ1v) is 9.58. The van der Waals surface area contributed by atoms with E-state index in [2.05, 4.69) is 20.2 Å². The van der Waals surface area contributed by atoms with Gasteiger partial charge in [0.2, 0.25) is 5.95 Å². The molecule has 3 heterocycles. The first-order chi connectivity index (χ1) is 14.2. The van der Waals surface area contributed by atoms with Gasteiger partial charge in [-0.15, -0.1) is 0 Å². The third-order valence-corrected chi connectivity index (χ3v) is 4.86. The zero-order valence-corrected chi connectivity index (χ0v) is 15.9. The Morgan fingerprint density at radius 3 is 2.62 bits per heavy atom. The first kappa shape index (κ1) is 18.9. The quantitative estimate of drug-likeness (QED) is 0.692. The summed E-state index contributed by atoms with van der Waals surface area (Å²) in [5.41, 5.74) is 1.06.